The molecule has 0 atom stereocenters. The van der Waals surface area contributed by atoms with Gasteiger partial charge in [0.25, 0.3) is 11.8 Å². The minimum Gasteiger partial charge on any atom is -0.497 e. The van der Waals surface area contributed by atoms with Crippen molar-refractivity contribution >= 4 is 11.9 Å². The Hall–Kier alpha value is -3.29. The highest BCUT2D eigenvalue weighted by molar-refractivity contribution is 6.05. The monoisotopic (exact) mass is 315 g/mol. The third-order valence-corrected chi connectivity index (χ3v) is 3.03. The average Bonchev–Trinajstić information content (AvgIpc) is 3.25. The third kappa shape index (κ3) is 3.00. The first-order valence-corrected chi connectivity index (χ1v) is 6.62. The number of aromatic nitrogens is 2. The lowest BCUT2D eigenvalue weighted by Crippen LogP contribution is -2.13. The van der Waals surface area contributed by atoms with E-state index in [1.165, 1.54) is 20.5 Å². The van der Waals surface area contributed by atoms with Gasteiger partial charge in [-0.25, -0.2) is 0 Å². The van der Waals surface area contributed by atoms with Crippen LogP contribution in [-0.4, -0.2) is 30.3 Å². The van der Waals surface area contributed by atoms with Crippen LogP contribution in [0.3, 0.4) is 0 Å². The predicted octanol–water partition coefficient (Wildman–Crippen LogP) is 2.60. The second-order valence-electron chi connectivity index (χ2n) is 4.41. The minimum absolute atomic E-state index is 0.0423. The molecule has 0 fully saturated rings. The first-order valence-electron chi connectivity index (χ1n) is 6.62. The molecule has 0 radical (unpaired) electrons. The van der Waals surface area contributed by atoms with Crippen molar-refractivity contribution in [2.75, 3.05) is 19.5 Å². The van der Waals surface area contributed by atoms with Crippen LogP contribution < -0.4 is 14.8 Å². The second kappa shape index (κ2) is 6.22. The molecule has 0 saturated carbocycles. The van der Waals surface area contributed by atoms with E-state index in [1.54, 1.807) is 30.3 Å². The summed E-state index contributed by atoms with van der Waals surface area (Å²) in [6.07, 6.45) is 1.49. The molecule has 8 heteroatoms. The SMILES string of the molecule is COc1ccc(C(=O)Nc2nnc(-c3ccco3)o2)c(OC)c1. The summed E-state index contributed by atoms with van der Waals surface area (Å²) in [5.74, 6) is 1.09. The fraction of sp³-hybridized carbons (Fsp3) is 0.133. The molecule has 0 unspecified atom stereocenters. The fourth-order valence-electron chi connectivity index (χ4n) is 1.92. The van der Waals surface area contributed by atoms with Crippen molar-refractivity contribution in [3.8, 4) is 23.1 Å². The lowest BCUT2D eigenvalue weighted by molar-refractivity contribution is 0.102. The van der Waals surface area contributed by atoms with Gasteiger partial charge in [-0.15, -0.1) is 5.10 Å². The zero-order valence-electron chi connectivity index (χ0n) is 12.4. The van der Waals surface area contributed by atoms with Crippen molar-refractivity contribution in [2.45, 2.75) is 0 Å². The maximum atomic E-state index is 12.3. The van der Waals surface area contributed by atoms with Crippen molar-refractivity contribution in [2.24, 2.45) is 0 Å². The Balaban J connectivity index is 1.79. The Labute approximate surface area is 131 Å². The van der Waals surface area contributed by atoms with Crippen LogP contribution >= 0.6 is 0 Å². The van der Waals surface area contributed by atoms with E-state index in [4.69, 9.17) is 18.3 Å². The number of ether oxygens (including phenoxy) is 2. The number of hydrogen-bond donors (Lipinski definition) is 1. The van der Waals surface area contributed by atoms with Gasteiger partial charge in [-0.1, -0.05) is 5.10 Å². The first-order chi connectivity index (χ1) is 11.2. The van der Waals surface area contributed by atoms with Crippen LogP contribution in [0.25, 0.3) is 11.7 Å². The quantitative estimate of drug-likeness (QED) is 0.772. The summed E-state index contributed by atoms with van der Waals surface area (Å²) in [6.45, 7) is 0. The lowest BCUT2D eigenvalue weighted by Gasteiger charge is -2.09. The van der Waals surface area contributed by atoms with Gasteiger partial charge in [0.05, 0.1) is 26.0 Å². The van der Waals surface area contributed by atoms with Crippen molar-refractivity contribution in [3.05, 3.63) is 42.2 Å². The molecule has 1 amide bonds. The van der Waals surface area contributed by atoms with Crippen LogP contribution in [0.2, 0.25) is 0 Å². The number of furan rings is 1. The average molecular weight is 315 g/mol. The van der Waals surface area contributed by atoms with Crippen LogP contribution in [0.1, 0.15) is 10.4 Å². The first kappa shape index (κ1) is 14.6. The molecule has 8 nitrogen and oxygen atoms in total. The van der Waals surface area contributed by atoms with Crippen molar-refractivity contribution < 1.29 is 23.1 Å². The van der Waals surface area contributed by atoms with E-state index in [0.29, 0.717) is 22.8 Å². The Kier molecular flexibility index (Phi) is 3.96. The smallest absolute Gasteiger partial charge is 0.322 e. The van der Waals surface area contributed by atoms with E-state index in [-0.39, 0.29) is 11.9 Å². The number of carbonyl (C=O) groups is 1. The number of benzene rings is 1. The topological polar surface area (TPSA) is 99.6 Å². The highest BCUT2D eigenvalue weighted by Gasteiger charge is 2.17. The maximum Gasteiger partial charge on any atom is 0.322 e. The number of nitrogens with one attached hydrogen (secondary N) is 1. The molecule has 0 bridgehead atoms. The third-order valence-electron chi connectivity index (χ3n) is 3.03. The molecule has 3 rings (SSSR count). The number of rotatable bonds is 5. The van der Waals surface area contributed by atoms with Gasteiger partial charge in [-0.2, -0.15) is 0 Å². The van der Waals surface area contributed by atoms with Crippen molar-refractivity contribution in [3.63, 3.8) is 0 Å². The van der Waals surface area contributed by atoms with E-state index in [9.17, 15) is 4.79 Å². The summed E-state index contributed by atoms with van der Waals surface area (Å²) in [5.41, 5.74) is 0.311. The predicted molar refractivity (Wildman–Crippen MR) is 79.5 cm³/mol. The molecular formula is C15H13N3O5. The van der Waals surface area contributed by atoms with E-state index in [2.05, 4.69) is 15.5 Å². The van der Waals surface area contributed by atoms with Gasteiger partial charge in [0.2, 0.25) is 0 Å². The van der Waals surface area contributed by atoms with Crippen LogP contribution in [-0.2, 0) is 0 Å². The summed E-state index contributed by atoms with van der Waals surface area (Å²) in [6, 6.07) is 8.16. The molecule has 23 heavy (non-hydrogen) atoms. The molecule has 118 valence electrons. The highest BCUT2D eigenvalue weighted by atomic mass is 16.5. The molecule has 2 aromatic heterocycles. The van der Waals surface area contributed by atoms with Gasteiger partial charge in [-0.05, 0) is 24.3 Å². The molecule has 0 aliphatic rings. The zero-order chi connectivity index (χ0) is 16.2. The van der Waals surface area contributed by atoms with Crippen molar-refractivity contribution in [1.82, 2.24) is 10.2 Å². The molecule has 0 aliphatic heterocycles. The summed E-state index contributed by atoms with van der Waals surface area (Å²) in [7, 11) is 3.00. The maximum absolute atomic E-state index is 12.3. The summed E-state index contributed by atoms with van der Waals surface area (Å²) < 4.78 is 20.7. The molecule has 0 spiro atoms. The number of nitrogens with zero attached hydrogens (tertiary/aromatic N) is 2. The summed E-state index contributed by atoms with van der Waals surface area (Å²) >= 11 is 0. The van der Waals surface area contributed by atoms with Gasteiger partial charge >= 0.3 is 6.01 Å². The highest BCUT2D eigenvalue weighted by Crippen LogP contribution is 2.26. The van der Waals surface area contributed by atoms with Gasteiger partial charge in [-0.3, -0.25) is 10.1 Å². The molecular weight excluding hydrogens is 302 g/mol. The molecule has 3 aromatic rings. The summed E-state index contributed by atoms with van der Waals surface area (Å²) in [5, 5.41) is 10.1. The normalized spacial score (nSPS) is 10.3. The van der Waals surface area contributed by atoms with Gasteiger partial charge in [0.1, 0.15) is 11.5 Å². The second-order valence-corrected chi connectivity index (χ2v) is 4.41. The van der Waals surface area contributed by atoms with Crippen LogP contribution in [0.5, 0.6) is 11.5 Å². The number of hydrogen-bond acceptors (Lipinski definition) is 7. The molecule has 1 N–H and O–H groups in total. The summed E-state index contributed by atoms with van der Waals surface area (Å²) in [4.78, 5) is 12.3. The van der Waals surface area contributed by atoms with Crippen LogP contribution in [0, 0.1) is 0 Å². The van der Waals surface area contributed by atoms with E-state index >= 15 is 0 Å². The van der Waals surface area contributed by atoms with Gasteiger partial charge < -0.3 is 18.3 Å². The van der Waals surface area contributed by atoms with Crippen molar-refractivity contribution in [1.29, 1.82) is 0 Å². The Morgan fingerprint density at radius 1 is 1.17 bits per heavy atom. The number of methoxy groups -OCH3 is 2. The van der Waals surface area contributed by atoms with E-state index in [0.717, 1.165) is 0 Å². The fourth-order valence-corrected chi connectivity index (χ4v) is 1.92. The zero-order valence-corrected chi connectivity index (χ0v) is 12.4. The molecule has 1 aromatic carbocycles. The Morgan fingerprint density at radius 3 is 2.74 bits per heavy atom. The lowest BCUT2D eigenvalue weighted by atomic mass is 10.2. The van der Waals surface area contributed by atoms with Crippen LogP contribution in [0.4, 0.5) is 6.01 Å². The Morgan fingerprint density at radius 2 is 2.04 bits per heavy atom. The number of carbonyl (C=O) groups excluding carboxylic acids is 1. The standard InChI is InChI=1S/C15H13N3O5/c1-20-9-5-6-10(12(8-9)21-2)13(19)16-15-18-17-14(23-15)11-4-3-7-22-11/h3-8H,1-2H3,(H,16,18,19). The van der Waals surface area contributed by atoms with E-state index in [1.807, 2.05) is 0 Å². The van der Waals surface area contributed by atoms with Gasteiger partial charge in [0.15, 0.2) is 5.76 Å². The Bertz CT molecular complexity index is 810. The number of amides is 1. The number of anilines is 1. The van der Waals surface area contributed by atoms with Gasteiger partial charge in [0, 0.05) is 6.07 Å². The van der Waals surface area contributed by atoms with E-state index < -0.39 is 5.91 Å². The molecule has 0 aliphatic carbocycles. The molecule has 0 saturated heterocycles. The molecule has 2 heterocycles. The minimum atomic E-state index is -0.445. The largest absolute Gasteiger partial charge is 0.497 e. The van der Waals surface area contributed by atoms with Crippen LogP contribution in [0.15, 0.2) is 45.4 Å².